The number of nitrogens with one attached hydrogen (secondary N) is 1. The largest absolute Gasteiger partial charge is 0.480 e. The van der Waals surface area contributed by atoms with E-state index in [0.717, 1.165) is 5.56 Å². The van der Waals surface area contributed by atoms with Crippen molar-refractivity contribution in [3.63, 3.8) is 0 Å². The lowest BCUT2D eigenvalue weighted by molar-refractivity contribution is -0.138. The second-order valence-corrected chi connectivity index (χ2v) is 11.5. The van der Waals surface area contributed by atoms with Crippen molar-refractivity contribution >= 4 is 39.8 Å². The van der Waals surface area contributed by atoms with Crippen LogP contribution in [0.2, 0.25) is 0 Å². The molecule has 0 aliphatic carbocycles. The fourth-order valence-electron chi connectivity index (χ4n) is 2.20. The van der Waals surface area contributed by atoms with E-state index in [9.17, 15) is 19.2 Å². The number of rotatable bonds is 4. The number of carbonyl (C=O) groups is 3. The quantitative estimate of drug-likeness (QED) is 0.365. The van der Waals surface area contributed by atoms with Crippen LogP contribution in [0, 0.1) is 17.8 Å². The van der Waals surface area contributed by atoms with Crippen molar-refractivity contribution in [3.05, 3.63) is 64.1 Å². The summed E-state index contributed by atoms with van der Waals surface area (Å²) in [5.41, 5.74) is 0.353. The van der Waals surface area contributed by atoms with Gasteiger partial charge in [-0.15, -0.1) is 0 Å². The molecule has 1 amide bonds. The van der Waals surface area contributed by atoms with Gasteiger partial charge in [0, 0.05) is 5.69 Å². The van der Waals surface area contributed by atoms with Crippen molar-refractivity contribution < 1.29 is 29.3 Å². The van der Waals surface area contributed by atoms with Gasteiger partial charge in [0.2, 0.25) is 0 Å². The molecule has 3 N–H and O–H groups in total. The van der Waals surface area contributed by atoms with Crippen LogP contribution in [0.15, 0.2) is 47.3 Å². The Morgan fingerprint density at radius 3 is 1.86 bits per heavy atom. The first-order valence-corrected chi connectivity index (χ1v) is 12.1. The first-order valence-electron chi connectivity index (χ1n) is 11.1. The summed E-state index contributed by atoms with van der Waals surface area (Å²) in [5.74, 6) is -0.803. The van der Waals surface area contributed by atoms with Gasteiger partial charge in [-0.25, -0.2) is 14.2 Å². The van der Waals surface area contributed by atoms with E-state index in [-0.39, 0.29) is 23.4 Å². The number of alkyl halides is 1. The summed E-state index contributed by atoms with van der Waals surface area (Å²) >= 11 is 3.06. The summed E-state index contributed by atoms with van der Waals surface area (Å²) in [6.45, 7) is 15.9. The second kappa shape index (κ2) is 14.4. The Hall–Kier alpha value is -3.14. The Bertz CT molecular complexity index is 1060. The average molecular weight is 569 g/mol. The third-order valence-electron chi connectivity index (χ3n) is 3.90. The molecule has 9 nitrogen and oxygen atoms in total. The van der Waals surface area contributed by atoms with Crippen molar-refractivity contribution in [1.82, 2.24) is 4.57 Å². The van der Waals surface area contributed by atoms with E-state index in [4.69, 9.17) is 14.9 Å². The van der Waals surface area contributed by atoms with Gasteiger partial charge in [-0.05, 0) is 35.4 Å². The number of aryl methyl sites for hydroxylation is 1. The van der Waals surface area contributed by atoms with Gasteiger partial charge in [-0.3, -0.25) is 14.9 Å². The molecular formula is C26H37BrN2O7. The fraction of sp³-hybridized carbons (Fsp3) is 0.462. The van der Waals surface area contributed by atoms with Gasteiger partial charge in [0.1, 0.15) is 17.1 Å². The zero-order valence-electron chi connectivity index (χ0n) is 22.1. The van der Waals surface area contributed by atoms with E-state index in [0.29, 0.717) is 9.98 Å². The van der Waals surface area contributed by atoms with Crippen LogP contribution in [-0.4, -0.2) is 37.8 Å². The molecule has 200 valence electrons. The lowest BCUT2D eigenvalue weighted by Gasteiger charge is -2.20. The molecule has 0 radical (unpaired) electrons. The number of hydrogen-bond donors (Lipinski definition) is 3. The molecule has 1 heterocycles. The van der Waals surface area contributed by atoms with Crippen molar-refractivity contribution in [2.75, 3.05) is 5.32 Å². The number of amides is 1. The monoisotopic (exact) mass is 568 g/mol. The van der Waals surface area contributed by atoms with Crippen LogP contribution in [0.3, 0.4) is 0 Å². The predicted molar refractivity (Wildman–Crippen MR) is 144 cm³/mol. The van der Waals surface area contributed by atoms with E-state index in [1.807, 2.05) is 39.0 Å². The molecule has 0 saturated heterocycles. The number of anilines is 1. The molecule has 0 bridgehead atoms. The second-order valence-electron chi connectivity index (χ2n) is 10.6. The average Bonchev–Trinajstić information content (AvgIpc) is 2.73. The number of benzene rings is 1. The molecule has 1 unspecified atom stereocenters. The zero-order chi connectivity index (χ0) is 28.3. The van der Waals surface area contributed by atoms with Crippen molar-refractivity contribution in [3.8, 4) is 0 Å². The molecule has 10 heteroatoms. The van der Waals surface area contributed by atoms with Gasteiger partial charge in [-0.2, -0.15) is 0 Å². The Balaban J connectivity index is 0.000000724. The minimum Gasteiger partial charge on any atom is -0.480 e. The van der Waals surface area contributed by atoms with Crippen LogP contribution < -0.4 is 10.9 Å². The van der Waals surface area contributed by atoms with E-state index in [1.54, 1.807) is 12.1 Å². The smallest absolute Gasteiger partial charge is 0.418 e. The molecular weight excluding hydrogens is 532 g/mol. The number of hydrogen-bond acceptors (Lipinski definition) is 5. The highest BCUT2D eigenvalue weighted by molar-refractivity contribution is 9.10. The summed E-state index contributed by atoms with van der Waals surface area (Å²) < 4.78 is 5.52. The van der Waals surface area contributed by atoms with Crippen LogP contribution in [-0.2, 0) is 16.1 Å². The molecule has 2 rings (SSSR count). The number of carbonyl (C=O) groups excluding carboxylic acids is 1. The zero-order valence-corrected chi connectivity index (χ0v) is 23.7. The normalized spacial score (nSPS) is 11.6. The summed E-state index contributed by atoms with van der Waals surface area (Å²) in [7, 11) is 0. The maximum absolute atomic E-state index is 12.0. The number of ether oxygens (including phenoxy) is 1. The number of carboxylic acid groups (broad SMARTS) is 2. The molecule has 0 saturated carbocycles. The first-order chi connectivity index (χ1) is 16.3. The summed E-state index contributed by atoms with van der Waals surface area (Å²) in [6, 6.07) is 11.8. The van der Waals surface area contributed by atoms with Gasteiger partial charge in [0.25, 0.3) is 5.56 Å². The van der Waals surface area contributed by atoms with Crippen LogP contribution in [0.4, 0.5) is 15.3 Å². The van der Waals surface area contributed by atoms with Crippen molar-refractivity contribution in [1.29, 1.82) is 0 Å². The maximum atomic E-state index is 12.0. The summed E-state index contributed by atoms with van der Waals surface area (Å²) in [4.78, 5) is 44.5. The molecule has 0 spiro atoms. The topological polar surface area (TPSA) is 135 Å². The van der Waals surface area contributed by atoms with E-state index in [2.05, 4.69) is 48.9 Å². The number of halogens is 1. The Morgan fingerprint density at radius 1 is 0.972 bits per heavy atom. The van der Waals surface area contributed by atoms with Gasteiger partial charge >= 0.3 is 18.2 Å². The minimum absolute atomic E-state index is 0.0473. The minimum atomic E-state index is -1.41. The van der Waals surface area contributed by atoms with Crippen LogP contribution in [0.1, 0.15) is 59.7 Å². The Labute approximate surface area is 220 Å². The van der Waals surface area contributed by atoms with E-state index in [1.165, 1.54) is 19.1 Å². The molecule has 2 aromatic rings. The van der Waals surface area contributed by atoms with Crippen LogP contribution in [0.5, 0.6) is 0 Å². The molecule has 0 fully saturated rings. The van der Waals surface area contributed by atoms with E-state index < -0.39 is 28.5 Å². The number of carboxylic acids is 1. The van der Waals surface area contributed by atoms with Crippen molar-refractivity contribution in [2.24, 2.45) is 10.8 Å². The number of nitrogens with zero attached hydrogens (tertiary/aromatic N) is 1. The lowest BCUT2D eigenvalue weighted by atomic mass is 9.92. The fourth-order valence-corrected chi connectivity index (χ4v) is 2.20. The van der Waals surface area contributed by atoms with Crippen LogP contribution in [0.25, 0.3) is 0 Å². The third-order valence-corrected chi connectivity index (χ3v) is 5.66. The number of pyridine rings is 1. The Morgan fingerprint density at radius 2 is 1.47 bits per heavy atom. The molecule has 36 heavy (non-hydrogen) atoms. The number of aromatic nitrogens is 1. The molecule has 1 aromatic heterocycles. The highest BCUT2D eigenvalue weighted by atomic mass is 79.9. The third kappa shape index (κ3) is 13.7. The van der Waals surface area contributed by atoms with Gasteiger partial charge in [0.15, 0.2) is 0 Å². The molecule has 0 aliphatic rings. The standard InChI is InChI=1S/C15H14N2O5.C6H11BrO2.C5H12/c1-10-7-8-12(13(18)17(10)15(20)21)16-14(19)22-9-11-5-3-2-4-6-11;1-6(2,3)4(7)5(8)9;1-5(2,3)4/h2-8H,9H2,1H3,(H,16,19)(H,20,21);4H,1-3H3,(H,8,9);1-4H3. The predicted octanol–water partition coefficient (Wildman–Crippen LogP) is 6.36. The van der Waals surface area contributed by atoms with Gasteiger partial charge in [-0.1, -0.05) is 94.7 Å². The molecule has 1 aromatic carbocycles. The number of aliphatic carboxylic acids is 1. The summed E-state index contributed by atoms with van der Waals surface area (Å²) in [6.07, 6.45) is -2.24. The summed E-state index contributed by atoms with van der Waals surface area (Å²) in [5, 5.41) is 19.7. The highest BCUT2D eigenvalue weighted by Gasteiger charge is 2.27. The van der Waals surface area contributed by atoms with Gasteiger partial charge < -0.3 is 14.9 Å². The van der Waals surface area contributed by atoms with Crippen molar-refractivity contribution in [2.45, 2.75) is 66.8 Å². The lowest BCUT2D eigenvalue weighted by Crippen LogP contribution is -2.31. The molecule has 1 atom stereocenters. The Kier molecular flexibility index (Phi) is 13.2. The molecule has 0 aliphatic heterocycles. The maximum Gasteiger partial charge on any atom is 0.418 e. The highest BCUT2D eigenvalue weighted by Crippen LogP contribution is 2.25. The van der Waals surface area contributed by atoms with E-state index >= 15 is 0 Å². The van der Waals surface area contributed by atoms with Crippen LogP contribution >= 0.6 is 15.9 Å². The SMILES string of the molecule is CC(C)(C)C.CC(C)(C)C(Br)C(=O)O.Cc1ccc(NC(=O)OCc2ccccc2)c(=O)n1C(=O)O. The first kappa shape index (κ1) is 32.9. The van der Waals surface area contributed by atoms with Gasteiger partial charge in [0.05, 0.1) is 0 Å².